The highest BCUT2D eigenvalue weighted by Crippen LogP contribution is 2.31. The van der Waals surface area contributed by atoms with E-state index < -0.39 is 0 Å². The van der Waals surface area contributed by atoms with Crippen LogP contribution in [0, 0.1) is 6.92 Å². The number of rotatable bonds is 7. The minimum absolute atomic E-state index is 0.226. The van der Waals surface area contributed by atoms with Crippen molar-refractivity contribution in [2.24, 2.45) is 5.73 Å². The Labute approximate surface area is 112 Å². The zero-order chi connectivity index (χ0) is 12.0. The molecule has 1 heterocycles. The zero-order valence-corrected chi connectivity index (χ0v) is 12.7. The Morgan fingerprint density at radius 3 is 2.56 bits per heavy atom. The van der Waals surface area contributed by atoms with Gasteiger partial charge in [-0.3, -0.25) is 0 Å². The van der Waals surface area contributed by atoms with Crippen LogP contribution in [0.1, 0.15) is 61.9 Å². The number of halogens is 1. The first-order valence-corrected chi connectivity index (χ1v) is 7.77. The first kappa shape index (κ1) is 14.2. The molecule has 0 fully saturated rings. The highest BCUT2D eigenvalue weighted by Gasteiger charge is 2.11. The number of unbranched alkanes of at least 4 members (excludes halogenated alkanes) is 4. The van der Waals surface area contributed by atoms with Crippen LogP contribution in [0.25, 0.3) is 0 Å². The summed E-state index contributed by atoms with van der Waals surface area (Å²) in [4.78, 5) is 1.35. The summed E-state index contributed by atoms with van der Waals surface area (Å²) in [6.45, 7) is 4.40. The van der Waals surface area contributed by atoms with E-state index in [0.29, 0.717) is 0 Å². The lowest BCUT2D eigenvalue weighted by Crippen LogP contribution is -2.10. The van der Waals surface area contributed by atoms with Gasteiger partial charge in [0.2, 0.25) is 0 Å². The van der Waals surface area contributed by atoms with Gasteiger partial charge in [-0.2, -0.15) is 0 Å². The second-order valence-corrected chi connectivity index (χ2v) is 7.01. The molecule has 0 bridgehead atoms. The number of hydrogen-bond acceptors (Lipinski definition) is 2. The third-order valence-corrected chi connectivity index (χ3v) is 4.51. The highest BCUT2D eigenvalue weighted by atomic mass is 79.9. The van der Waals surface area contributed by atoms with Crippen LogP contribution >= 0.6 is 27.3 Å². The van der Waals surface area contributed by atoms with E-state index in [1.165, 1.54) is 46.3 Å². The lowest BCUT2D eigenvalue weighted by atomic mass is 10.0. The molecule has 3 heteroatoms. The Bertz CT molecular complexity index is 309. The summed E-state index contributed by atoms with van der Waals surface area (Å²) >= 11 is 5.30. The van der Waals surface area contributed by atoms with Crippen LogP contribution in [-0.2, 0) is 0 Å². The van der Waals surface area contributed by atoms with Crippen LogP contribution in [0.3, 0.4) is 0 Å². The summed E-state index contributed by atoms with van der Waals surface area (Å²) in [6, 6.07) is 2.40. The summed E-state index contributed by atoms with van der Waals surface area (Å²) < 4.78 is 1.20. The first-order chi connectivity index (χ1) is 7.65. The summed E-state index contributed by atoms with van der Waals surface area (Å²) in [5.41, 5.74) is 7.54. The molecule has 1 nitrogen and oxygen atoms in total. The maximum atomic E-state index is 6.21. The van der Waals surface area contributed by atoms with Crippen LogP contribution < -0.4 is 5.73 Å². The molecule has 1 aromatic rings. The Hall–Kier alpha value is 0.140. The molecular formula is C13H22BrNS. The van der Waals surface area contributed by atoms with Crippen molar-refractivity contribution in [3.05, 3.63) is 20.3 Å². The molecule has 1 rings (SSSR count). The molecule has 0 amide bonds. The molecule has 0 aromatic carbocycles. The molecule has 92 valence electrons. The molecular weight excluding hydrogens is 282 g/mol. The number of hydrogen-bond donors (Lipinski definition) is 1. The van der Waals surface area contributed by atoms with Gasteiger partial charge in [0.25, 0.3) is 0 Å². The van der Waals surface area contributed by atoms with Gasteiger partial charge in [-0.1, -0.05) is 39.0 Å². The van der Waals surface area contributed by atoms with Gasteiger partial charge >= 0.3 is 0 Å². The van der Waals surface area contributed by atoms with Crippen LogP contribution in [0.5, 0.6) is 0 Å². The smallest absolute Gasteiger partial charge is 0.0704 e. The van der Waals surface area contributed by atoms with Crippen molar-refractivity contribution in [2.45, 2.75) is 58.4 Å². The van der Waals surface area contributed by atoms with Gasteiger partial charge < -0.3 is 5.73 Å². The minimum atomic E-state index is 0.226. The van der Waals surface area contributed by atoms with E-state index in [0.717, 1.165) is 6.42 Å². The third kappa shape index (κ3) is 4.56. The lowest BCUT2D eigenvalue weighted by molar-refractivity contribution is 0.555. The molecule has 0 saturated heterocycles. The van der Waals surface area contributed by atoms with E-state index in [1.54, 1.807) is 11.3 Å². The van der Waals surface area contributed by atoms with Crippen molar-refractivity contribution in [2.75, 3.05) is 0 Å². The summed E-state index contributed by atoms with van der Waals surface area (Å²) in [7, 11) is 0. The van der Waals surface area contributed by atoms with Gasteiger partial charge in [0, 0.05) is 10.9 Å². The molecule has 0 aliphatic carbocycles. The average molecular weight is 304 g/mol. The fourth-order valence-electron chi connectivity index (χ4n) is 1.95. The topological polar surface area (TPSA) is 26.0 Å². The second kappa shape index (κ2) is 7.46. The third-order valence-electron chi connectivity index (χ3n) is 2.94. The zero-order valence-electron chi connectivity index (χ0n) is 10.3. The fourth-order valence-corrected chi connectivity index (χ4v) is 3.73. The Kier molecular flexibility index (Phi) is 6.62. The van der Waals surface area contributed by atoms with Crippen molar-refractivity contribution in [3.8, 4) is 0 Å². The van der Waals surface area contributed by atoms with Gasteiger partial charge in [-0.15, -0.1) is 11.3 Å². The molecule has 1 unspecified atom stereocenters. The molecule has 16 heavy (non-hydrogen) atoms. The van der Waals surface area contributed by atoms with Crippen LogP contribution in [0.4, 0.5) is 0 Å². The summed E-state index contributed by atoms with van der Waals surface area (Å²) in [6.07, 6.45) is 7.73. The van der Waals surface area contributed by atoms with E-state index in [2.05, 4.69) is 35.8 Å². The van der Waals surface area contributed by atoms with Gasteiger partial charge in [0.15, 0.2) is 0 Å². The van der Waals surface area contributed by atoms with Gasteiger partial charge in [0.05, 0.1) is 3.79 Å². The van der Waals surface area contributed by atoms with Crippen molar-refractivity contribution >= 4 is 27.3 Å². The molecule has 0 aliphatic rings. The van der Waals surface area contributed by atoms with Gasteiger partial charge in [0.1, 0.15) is 0 Å². The van der Waals surface area contributed by atoms with Gasteiger partial charge in [-0.25, -0.2) is 0 Å². The predicted molar refractivity (Wildman–Crippen MR) is 77.1 cm³/mol. The molecule has 2 N–H and O–H groups in total. The van der Waals surface area contributed by atoms with Crippen molar-refractivity contribution in [3.63, 3.8) is 0 Å². The Balaban J connectivity index is 2.29. The van der Waals surface area contributed by atoms with E-state index in [-0.39, 0.29) is 6.04 Å². The van der Waals surface area contributed by atoms with Gasteiger partial charge in [-0.05, 0) is 40.9 Å². The lowest BCUT2D eigenvalue weighted by Gasteiger charge is -2.11. The largest absolute Gasteiger partial charge is 0.324 e. The Morgan fingerprint density at radius 1 is 1.31 bits per heavy atom. The maximum Gasteiger partial charge on any atom is 0.0704 e. The van der Waals surface area contributed by atoms with Crippen LogP contribution in [0.15, 0.2) is 9.85 Å². The molecule has 0 saturated carbocycles. The number of nitrogens with two attached hydrogens (primary N) is 1. The summed E-state index contributed by atoms with van der Waals surface area (Å²) in [5, 5.41) is 0. The normalized spacial score (nSPS) is 13.0. The predicted octanol–water partition coefficient (Wildman–Crippen LogP) is 5.18. The van der Waals surface area contributed by atoms with Crippen molar-refractivity contribution < 1.29 is 0 Å². The Morgan fingerprint density at radius 2 is 2.00 bits per heavy atom. The van der Waals surface area contributed by atoms with E-state index in [9.17, 15) is 0 Å². The van der Waals surface area contributed by atoms with E-state index >= 15 is 0 Å². The number of aryl methyl sites for hydroxylation is 1. The van der Waals surface area contributed by atoms with Crippen LogP contribution in [-0.4, -0.2) is 0 Å². The highest BCUT2D eigenvalue weighted by molar-refractivity contribution is 9.11. The SMILES string of the molecule is CCCCCCCC(N)c1cc(Br)sc1C. The maximum absolute atomic E-state index is 6.21. The van der Waals surface area contributed by atoms with Crippen molar-refractivity contribution in [1.29, 1.82) is 0 Å². The first-order valence-electron chi connectivity index (χ1n) is 6.16. The molecule has 0 radical (unpaired) electrons. The van der Waals surface area contributed by atoms with E-state index in [4.69, 9.17) is 5.73 Å². The minimum Gasteiger partial charge on any atom is -0.324 e. The van der Waals surface area contributed by atoms with E-state index in [1.807, 2.05) is 0 Å². The monoisotopic (exact) mass is 303 g/mol. The molecule has 1 atom stereocenters. The average Bonchev–Trinajstić information content (AvgIpc) is 2.57. The standard InChI is InChI=1S/C13H22BrNS/c1-3-4-5-6-7-8-12(15)11-9-13(14)16-10(11)2/h9,12H,3-8,15H2,1-2H3. The number of thiophene rings is 1. The second-order valence-electron chi connectivity index (χ2n) is 4.37. The fraction of sp³-hybridized carbons (Fsp3) is 0.692. The quantitative estimate of drug-likeness (QED) is 0.690. The summed E-state index contributed by atoms with van der Waals surface area (Å²) in [5.74, 6) is 0. The van der Waals surface area contributed by atoms with Crippen LogP contribution in [0.2, 0.25) is 0 Å². The van der Waals surface area contributed by atoms with Crippen molar-refractivity contribution in [1.82, 2.24) is 0 Å². The molecule has 0 aliphatic heterocycles. The molecule has 0 spiro atoms. The molecule has 1 aromatic heterocycles.